The van der Waals surface area contributed by atoms with Crippen LogP contribution >= 0.6 is 0 Å². The fraction of sp³-hybridized carbons (Fsp3) is 0.304. The lowest BCUT2D eigenvalue weighted by Crippen LogP contribution is -2.46. The summed E-state index contributed by atoms with van der Waals surface area (Å²) in [6.45, 7) is 6.57. The van der Waals surface area contributed by atoms with Crippen LogP contribution in [0.3, 0.4) is 0 Å². The van der Waals surface area contributed by atoms with E-state index in [0.717, 1.165) is 60.9 Å². The van der Waals surface area contributed by atoms with Gasteiger partial charge in [-0.3, -0.25) is 22.0 Å². The molecule has 0 bridgehead atoms. The lowest BCUT2D eigenvalue weighted by Gasteiger charge is -2.36. The molecular weight excluding hydrogens is 388 g/mol. The number of allylic oxidation sites excluding steroid dienone is 1. The van der Waals surface area contributed by atoms with Gasteiger partial charge in [-0.1, -0.05) is 30.4 Å². The first-order valence-corrected chi connectivity index (χ1v) is 10.4. The summed E-state index contributed by atoms with van der Waals surface area (Å²) in [5, 5.41) is 7.94. The number of fused-ring (bicyclic) bond motifs is 1. The molecule has 8 heteroatoms. The van der Waals surface area contributed by atoms with Gasteiger partial charge in [-0.2, -0.15) is 0 Å². The van der Waals surface area contributed by atoms with Gasteiger partial charge in [0.25, 0.3) is 0 Å². The average molecular weight is 421 g/mol. The molecule has 31 heavy (non-hydrogen) atoms. The molecule has 0 aliphatic carbocycles. The van der Waals surface area contributed by atoms with Gasteiger partial charge in [0.2, 0.25) is 0 Å². The van der Waals surface area contributed by atoms with Crippen molar-refractivity contribution in [1.82, 2.24) is 14.5 Å². The molecule has 1 aliphatic rings. The monoisotopic (exact) mass is 420 g/mol. The zero-order chi connectivity index (χ0) is 22.4. The molecule has 2 aromatic carbocycles. The summed E-state index contributed by atoms with van der Waals surface area (Å²) >= 11 is 0. The summed E-state index contributed by atoms with van der Waals surface area (Å²) in [4.78, 5) is 9.60. The van der Waals surface area contributed by atoms with Crippen LogP contribution in [-0.4, -0.2) is 46.5 Å². The van der Waals surface area contributed by atoms with Crippen LogP contribution in [0.25, 0.3) is 17.1 Å². The molecule has 164 valence electrons. The van der Waals surface area contributed by atoms with Crippen LogP contribution in [0, 0.1) is 5.41 Å². The number of aromatic nitrogens is 2. The van der Waals surface area contributed by atoms with Crippen molar-refractivity contribution in [2.24, 2.45) is 24.5 Å². The van der Waals surface area contributed by atoms with E-state index in [4.69, 9.17) is 16.1 Å². The van der Waals surface area contributed by atoms with E-state index in [9.17, 15) is 0 Å². The Morgan fingerprint density at radius 2 is 1.81 bits per heavy atom. The van der Waals surface area contributed by atoms with Crippen molar-refractivity contribution in [2.75, 3.05) is 31.1 Å². The lowest BCUT2D eigenvalue weighted by molar-refractivity contribution is 0.242. The fourth-order valence-electron chi connectivity index (χ4n) is 4.02. The summed E-state index contributed by atoms with van der Waals surface area (Å²) < 4.78 is 2.19. The molecule has 0 spiro atoms. The molecule has 0 saturated carbocycles. The van der Waals surface area contributed by atoms with E-state index in [0.29, 0.717) is 0 Å². The van der Waals surface area contributed by atoms with Crippen molar-refractivity contribution in [3.05, 3.63) is 65.5 Å². The van der Waals surface area contributed by atoms with Gasteiger partial charge in [-0.15, -0.1) is 0 Å². The maximum absolute atomic E-state index is 7.94. The number of hydrogen-bond donors (Lipinski definition) is 4. The Kier molecular flexibility index (Phi) is 7.41. The van der Waals surface area contributed by atoms with Crippen molar-refractivity contribution >= 4 is 28.6 Å². The average Bonchev–Trinajstić information content (AvgIpc) is 3.11. The quantitative estimate of drug-likeness (QED) is 0.217. The third kappa shape index (κ3) is 4.93. The van der Waals surface area contributed by atoms with Gasteiger partial charge in [0.05, 0.1) is 17.6 Å². The maximum Gasteiger partial charge on any atom is 0.124 e. The molecule has 2 heterocycles. The van der Waals surface area contributed by atoms with Crippen molar-refractivity contribution in [3.8, 4) is 0 Å². The topological polar surface area (TPSA) is 126 Å². The van der Waals surface area contributed by atoms with Gasteiger partial charge < -0.3 is 15.2 Å². The highest BCUT2D eigenvalue weighted by Gasteiger charge is 2.21. The number of nitrogen functional groups attached to an aromatic ring is 1. The number of benzene rings is 2. The number of nitrogens with two attached hydrogens (primary N) is 3. The first-order valence-electron chi connectivity index (χ1n) is 10.4. The zero-order valence-electron chi connectivity index (χ0n) is 18.3. The van der Waals surface area contributed by atoms with E-state index in [1.54, 1.807) is 0 Å². The van der Waals surface area contributed by atoms with Crippen LogP contribution in [0.4, 0.5) is 5.69 Å². The first kappa shape index (κ1) is 22.5. The Balaban J connectivity index is 0.00000132. The lowest BCUT2D eigenvalue weighted by atomic mass is 10.1. The largest absolute Gasteiger partial charge is 0.384 e. The molecule has 1 aliphatic heterocycles. The minimum absolute atomic E-state index is 0.120. The summed E-state index contributed by atoms with van der Waals surface area (Å²) in [6.07, 6.45) is 4.11. The van der Waals surface area contributed by atoms with Gasteiger partial charge in [0.1, 0.15) is 11.7 Å². The number of para-hydroxylation sites is 2. The highest BCUT2D eigenvalue weighted by Crippen LogP contribution is 2.25. The van der Waals surface area contributed by atoms with Crippen LogP contribution in [0.2, 0.25) is 0 Å². The molecule has 0 amide bonds. The number of amidine groups is 1. The van der Waals surface area contributed by atoms with Gasteiger partial charge in [0, 0.05) is 44.5 Å². The molecule has 8 nitrogen and oxygen atoms in total. The van der Waals surface area contributed by atoms with E-state index in [1.165, 1.54) is 5.52 Å². The van der Waals surface area contributed by atoms with Crippen LogP contribution < -0.4 is 22.3 Å². The number of aryl methyl sites for hydroxylation is 1. The third-order valence-corrected chi connectivity index (χ3v) is 5.63. The number of hydrogen-bond acceptors (Lipinski definition) is 6. The Hall–Kier alpha value is -3.20. The summed E-state index contributed by atoms with van der Waals surface area (Å²) in [5.74, 6) is 9.22. The molecule has 0 atom stereocenters. The van der Waals surface area contributed by atoms with Crippen molar-refractivity contribution in [3.63, 3.8) is 0 Å². The van der Waals surface area contributed by atoms with Crippen molar-refractivity contribution < 1.29 is 0 Å². The first-order chi connectivity index (χ1) is 15.1. The third-order valence-electron chi connectivity index (χ3n) is 5.63. The maximum atomic E-state index is 7.94. The minimum atomic E-state index is 0.120. The number of nitrogens with zero attached hydrogens (tertiary/aromatic N) is 4. The van der Waals surface area contributed by atoms with Gasteiger partial charge in [0.15, 0.2) is 0 Å². The number of anilines is 1. The van der Waals surface area contributed by atoms with Crippen molar-refractivity contribution in [2.45, 2.75) is 13.5 Å². The molecule has 0 unspecified atom stereocenters. The molecular formula is C23H32N8. The number of nitrogens with one attached hydrogen (secondary N) is 1. The molecule has 7 N–H and O–H groups in total. The molecule has 1 saturated heterocycles. The number of rotatable bonds is 5. The number of piperazine rings is 1. The van der Waals surface area contributed by atoms with E-state index < -0.39 is 0 Å². The summed E-state index contributed by atoms with van der Waals surface area (Å²) in [6, 6.07) is 14.4. The summed E-state index contributed by atoms with van der Waals surface area (Å²) in [7, 11) is 2.09. The number of imidazole rings is 1. The second-order valence-corrected chi connectivity index (χ2v) is 7.53. The highest BCUT2D eigenvalue weighted by molar-refractivity contribution is 6.01. The standard InChI is InChI=1S/C23H28N6.H4N2/c1-3-6-17-9-10-18(23(24)25)21(15-17)29-13-11-28(12-14-29)16-22-26-19-7-4-5-8-20(19)27(22)2;1-2/h3-10,15H,11-14,16H2,1-2H3,(H3,24,25);1-2H2/b6-3+;. The second-order valence-electron chi connectivity index (χ2n) is 7.53. The van der Waals surface area contributed by atoms with Crippen molar-refractivity contribution in [1.29, 1.82) is 5.41 Å². The van der Waals surface area contributed by atoms with Gasteiger partial charge in [-0.05, 0) is 36.8 Å². The molecule has 1 fully saturated rings. The molecule has 4 rings (SSSR count). The second kappa shape index (κ2) is 10.2. The Bertz CT molecular complexity index is 1060. The van der Waals surface area contributed by atoms with E-state index in [2.05, 4.69) is 63.4 Å². The van der Waals surface area contributed by atoms with Crippen LogP contribution in [-0.2, 0) is 13.6 Å². The van der Waals surface area contributed by atoms with E-state index >= 15 is 0 Å². The highest BCUT2D eigenvalue weighted by atomic mass is 15.3. The zero-order valence-corrected chi connectivity index (χ0v) is 18.3. The molecule has 3 aromatic rings. The molecule has 1 aromatic heterocycles. The predicted octanol–water partition coefficient (Wildman–Crippen LogP) is 2.03. The minimum Gasteiger partial charge on any atom is -0.384 e. The van der Waals surface area contributed by atoms with Crippen LogP contribution in [0.15, 0.2) is 48.5 Å². The van der Waals surface area contributed by atoms with E-state index in [-0.39, 0.29) is 5.84 Å². The van der Waals surface area contributed by atoms with Crippen LogP contribution in [0.5, 0.6) is 0 Å². The SMILES string of the molecule is C/C=C/c1ccc(C(=N)N)c(N2CCN(Cc3nc4ccccc4n3C)CC2)c1.NN. The summed E-state index contributed by atoms with van der Waals surface area (Å²) in [5.41, 5.74) is 11.1. The predicted molar refractivity (Wildman–Crippen MR) is 129 cm³/mol. The number of hydrazine groups is 1. The Labute approximate surface area is 183 Å². The van der Waals surface area contributed by atoms with Gasteiger partial charge >= 0.3 is 0 Å². The normalized spacial score (nSPS) is 14.6. The van der Waals surface area contributed by atoms with E-state index in [1.807, 2.05) is 31.2 Å². The van der Waals surface area contributed by atoms with Crippen LogP contribution in [0.1, 0.15) is 23.9 Å². The Morgan fingerprint density at radius 1 is 1.10 bits per heavy atom. The molecule has 0 radical (unpaired) electrons. The Morgan fingerprint density at radius 3 is 2.45 bits per heavy atom. The van der Waals surface area contributed by atoms with Gasteiger partial charge in [-0.25, -0.2) is 4.98 Å². The smallest absolute Gasteiger partial charge is 0.124 e. The fourth-order valence-corrected chi connectivity index (χ4v) is 4.02.